The van der Waals surface area contributed by atoms with E-state index in [0.29, 0.717) is 37.5 Å². The van der Waals surface area contributed by atoms with Gasteiger partial charge < -0.3 is 24.0 Å². The van der Waals surface area contributed by atoms with Gasteiger partial charge in [-0.2, -0.15) is 4.98 Å². The fraction of sp³-hybridized carbons (Fsp3) is 0.565. The van der Waals surface area contributed by atoms with Gasteiger partial charge in [-0.05, 0) is 37.6 Å². The number of hydrogen-bond donors (Lipinski definition) is 0. The van der Waals surface area contributed by atoms with Crippen LogP contribution in [0.4, 0.5) is 0 Å². The van der Waals surface area contributed by atoms with Gasteiger partial charge in [-0.15, -0.1) is 0 Å². The molecule has 0 spiro atoms. The molecule has 0 radical (unpaired) electrons. The van der Waals surface area contributed by atoms with E-state index in [1.807, 2.05) is 34.1 Å². The fourth-order valence-electron chi connectivity index (χ4n) is 4.33. The summed E-state index contributed by atoms with van der Waals surface area (Å²) in [5.74, 6) is 1.88. The number of aryl methyl sites for hydroxylation is 1. The number of aromatic nitrogens is 2. The molecule has 9 heteroatoms. The van der Waals surface area contributed by atoms with E-state index in [1.165, 1.54) is 0 Å². The zero-order chi connectivity index (χ0) is 22.5. The Morgan fingerprint density at radius 3 is 2.75 bits per heavy atom. The maximum absolute atomic E-state index is 13.0. The lowest BCUT2D eigenvalue weighted by Crippen LogP contribution is -2.47. The van der Waals surface area contributed by atoms with E-state index >= 15 is 0 Å². The van der Waals surface area contributed by atoms with Crippen LogP contribution in [-0.2, 0) is 22.4 Å². The summed E-state index contributed by atoms with van der Waals surface area (Å²) in [7, 11) is 3.68. The lowest BCUT2D eigenvalue weighted by Gasteiger charge is -2.32. The number of carbonyl (C=O) groups excluding carboxylic acids is 2. The quantitative estimate of drug-likeness (QED) is 0.646. The number of ether oxygens (including phenoxy) is 1. The summed E-state index contributed by atoms with van der Waals surface area (Å²) in [5, 5.41) is 4.13. The van der Waals surface area contributed by atoms with Crippen LogP contribution >= 0.6 is 0 Å². The Kier molecular flexibility index (Phi) is 7.04. The van der Waals surface area contributed by atoms with Crippen molar-refractivity contribution in [3.63, 3.8) is 0 Å². The van der Waals surface area contributed by atoms with Crippen LogP contribution in [0.3, 0.4) is 0 Å². The van der Waals surface area contributed by atoms with Gasteiger partial charge in [0.1, 0.15) is 5.75 Å². The molecule has 3 heterocycles. The first kappa shape index (κ1) is 22.3. The highest BCUT2D eigenvalue weighted by Gasteiger charge is 2.33. The van der Waals surface area contributed by atoms with Crippen molar-refractivity contribution in [3.8, 4) is 5.75 Å². The normalized spacial score (nSPS) is 19.4. The highest BCUT2D eigenvalue weighted by atomic mass is 16.5. The van der Waals surface area contributed by atoms with Crippen molar-refractivity contribution in [2.24, 2.45) is 0 Å². The van der Waals surface area contributed by atoms with E-state index in [4.69, 9.17) is 9.26 Å². The number of rotatable bonds is 7. The average molecular weight is 442 g/mol. The van der Waals surface area contributed by atoms with E-state index in [-0.39, 0.29) is 17.9 Å². The Balaban J connectivity index is 1.33. The summed E-state index contributed by atoms with van der Waals surface area (Å²) in [5.41, 5.74) is 0.913. The monoisotopic (exact) mass is 441 g/mol. The molecule has 1 aromatic carbocycles. The van der Waals surface area contributed by atoms with E-state index in [0.717, 1.165) is 50.3 Å². The molecule has 2 aliphatic rings. The number of carbonyl (C=O) groups is 2. The Labute approximate surface area is 188 Å². The average Bonchev–Trinajstić information content (AvgIpc) is 3.47. The molecule has 1 atom stereocenters. The molecule has 2 amide bonds. The zero-order valence-electron chi connectivity index (χ0n) is 18.8. The van der Waals surface area contributed by atoms with E-state index in [1.54, 1.807) is 7.11 Å². The van der Waals surface area contributed by atoms with Crippen LogP contribution in [0.25, 0.3) is 0 Å². The molecule has 1 aromatic heterocycles. The van der Waals surface area contributed by atoms with Crippen molar-refractivity contribution in [2.75, 3.05) is 46.9 Å². The van der Waals surface area contributed by atoms with Gasteiger partial charge in [-0.3, -0.25) is 9.59 Å². The molecule has 2 aliphatic heterocycles. The second-order valence-electron chi connectivity index (χ2n) is 8.50. The summed E-state index contributed by atoms with van der Waals surface area (Å²) >= 11 is 0. The highest BCUT2D eigenvalue weighted by Crippen LogP contribution is 2.31. The topological polar surface area (TPSA) is 92.0 Å². The maximum Gasteiger partial charge on any atom is 0.227 e. The van der Waals surface area contributed by atoms with E-state index in [9.17, 15) is 9.59 Å². The number of likely N-dealkylation sites (N-methyl/N-ethyl adjacent to an activating group) is 1. The second-order valence-corrected chi connectivity index (χ2v) is 8.50. The van der Waals surface area contributed by atoms with Crippen LogP contribution in [-0.4, -0.2) is 83.5 Å². The number of likely N-dealkylation sites (tertiary alicyclic amines) is 1. The molecule has 2 fully saturated rings. The third-order valence-electron chi connectivity index (χ3n) is 6.25. The van der Waals surface area contributed by atoms with Gasteiger partial charge in [0, 0.05) is 45.6 Å². The van der Waals surface area contributed by atoms with Crippen LogP contribution < -0.4 is 4.74 Å². The largest absolute Gasteiger partial charge is 0.497 e. The first-order chi connectivity index (χ1) is 15.5. The van der Waals surface area contributed by atoms with Crippen LogP contribution in [0, 0.1) is 0 Å². The maximum atomic E-state index is 13.0. The van der Waals surface area contributed by atoms with Gasteiger partial charge in [0.05, 0.1) is 19.6 Å². The second kappa shape index (κ2) is 10.1. The van der Waals surface area contributed by atoms with Crippen LogP contribution in [0.15, 0.2) is 28.8 Å². The minimum Gasteiger partial charge on any atom is -0.497 e. The van der Waals surface area contributed by atoms with Crippen molar-refractivity contribution in [1.29, 1.82) is 0 Å². The molecular weight excluding hydrogens is 410 g/mol. The summed E-state index contributed by atoms with van der Waals surface area (Å²) in [6.45, 7) is 4.00. The van der Waals surface area contributed by atoms with Gasteiger partial charge in [-0.25, -0.2) is 0 Å². The molecule has 32 heavy (non-hydrogen) atoms. The predicted molar refractivity (Wildman–Crippen MR) is 117 cm³/mol. The van der Waals surface area contributed by atoms with Crippen molar-refractivity contribution < 1.29 is 18.8 Å². The standard InChI is InChI=1S/C23H31N5O4/c1-26-11-13-27(14-12-26)21(29)9-8-20-24-23(25-32-20)19-7-4-10-28(19)22(30)16-17-5-3-6-18(15-17)31-2/h3,5-6,15,19H,4,7-14,16H2,1-2H3. The minimum absolute atomic E-state index is 0.0392. The number of hydrogen-bond acceptors (Lipinski definition) is 7. The summed E-state index contributed by atoms with van der Waals surface area (Å²) < 4.78 is 10.7. The van der Waals surface area contributed by atoms with Gasteiger partial charge >= 0.3 is 0 Å². The van der Waals surface area contributed by atoms with Gasteiger partial charge in [-0.1, -0.05) is 17.3 Å². The lowest BCUT2D eigenvalue weighted by atomic mass is 10.1. The Bertz CT molecular complexity index is 938. The number of piperazine rings is 1. The van der Waals surface area contributed by atoms with Crippen LogP contribution in [0.5, 0.6) is 5.75 Å². The van der Waals surface area contributed by atoms with Crippen molar-refractivity contribution in [1.82, 2.24) is 24.8 Å². The smallest absolute Gasteiger partial charge is 0.227 e. The number of benzene rings is 1. The molecule has 0 N–H and O–H groups in total. The van der Waals surface area contributed by atoms with Gasteiger partial charge in [0.25, 0.3) is 0 Å². The molecule has 0 bridgehead atoms. The molecule has 172 valence electrons. The highest BCUT2D eigenvalue weighted by molar-refractivity contribution is 5.79. The Morgan fingerprint density at radius 2 is 1.97 bits per heavy atom. The molecular formula is C23H31N5O4. The molecule has 2 aromatic rings. The van der Waals surface area contributed by atoms with Crippen molar-refractivity contribution in [3.05, 3.63) is 41.5 Å². The first-order valence-corrected chi connectivity index (χ1v) is 11.2. The molecule has 2 saturated heterocycles. The van der Waals surface area contributed by atoms with Crippen LogP contribution in [0.1, 0.15) is 42.6 Å². The van der Waals surface area contributed by atoms with E-state index < -0.39 is 0 Å². The van der Waals surface area contributed by atoms with Crippen LogP contribution in [0.2, 0.25) is 0 Å². The molecule has 1 unspecified atom stereocenters. The van der Waals surface area contributed by atoms with E-state index in [2.05, 4.69) is 22.1 Å². The molecule has 4 rings (SSSR count). The van der Waals surface area contributed by atoms with Gasteiger partial charge in [0.15, 0.2) is 5.82 Å². The lowest BCUT2D eigenvalue weighted by molar-refractivity contribution is -0.133. The van der Waals surface area contributed by atoms with Crippen molar-refractivity contribution in [2.45, 2.75) is 38.1 Å². The predicted octanol–water partition coefficient (Wildman–Crippen LogP) is 1.69. The third-order valence-corrected chi connectivity index (χ3v) is 6.25. The number of amides is 2. The molecule has 0 saturated carbocycles. The Morgan fingerprint density at radius 1 is 1.16 bits per heavy atom. The zero-order valence-corrected chi connectivity index (χ0v) is 18.8. The minimum atomic E-state index is -0.182. The Hall–Kier alpha value is -2.94. The first-order valence-electron chi connectivity index (χ1n) is 11.2. The summed E-state index contributed by atoms with van der Waals surface area (Å²) in [6, 6.07) is 7.38. The summed E-state index contributed by atoms with van der Waals surface area (Å²) in [6.07, 6.45) is 2.79. The molecule has 0 aliphatic carbocycles. The van der Waals surface area contributed by atoms with Crippen molar-refractivity contribution >= 4 is 11.8 Å². The fourth-order valence-corrected chi connectivity index (χ4v) is 4.33. The van der Waals surface area contributed by atoms with Gasteiger partial charge in [0.2, 0.25) is 17.7 Å². The number of nitrogens with zero attached hydrogens (tertiary/aromatic N) is 5. The SMILES string of the molecule is COc1cccc(CC(=O)N2CCCC2c2noc(CCC(=O)N3CCN(C)CC3)n2)c1. The number of methoxy groups -OCH3 is 1. The summed E-state index contributed by atoms with van der Waals surface area (Å²) in [4.78, 5) is 35.9. The molecule has 9 nitrogen and oxygen atoms in total. The third kappa shape index (κ3) is 5.27.